The van der Waals surface area contributed by atoms with Gasteiger partial charge in [-0.25, -0.2) is 0 Å². The molecular weight excluding hydrogens is 358 g/mol. The summed E-state index contributed by atoms with van der Waals surface area (Å²) >= 11 is 0. The van der Waals surface area contributed by atoms with Crippen molar-refractivity contribution in [1.29, 1.82) is 0 Å². The van der Waals surface area contributed by atoms with Gasteiger partial charge in [0, 0.05) is 12.6 Å². The number of Topliss-reactive ketones (excluding diaryl/α,β-unsaturated/α-hetero) is 1. The van der Waals surface area contributed by atoms with Gasteiger partial charge in [-0.2, -0.15) is 5.10 Å². The third-order valence-electron chi connectivity index (χ3n) is 3.89. The molecule has 8 heteroatoms. The molecule has 3 aromatic rings. The standard InChI is InChI=1S/C20H19N5O3/c1-14-8-10-16(11-9-14)17(26)13-28-20-18(19(27)21-2)23-24-25(20)22-12-15-6-4-3-5-7-15/h3-12H,13H2,1-2H3,(H,21,27)/b22-12-. The van der Waals surface area contributed by atoms with Crippen molar-refractivity contribution < 1.29 is 14.3 Å². The fourth-order valence-corrected chi connectivity index (χ4v) is 2.34. The van der Waals surface area contributed by atoms with Gasteiger partial charge in [0.15, 0.2) is 12.4 Å². The van der Waals surface area contributed by atoms with E-state index in [0.29, 0.717) is 5.56 Å². The molecule has 2 aromatic carbocycles. The van der Waals surface area contributed by atoms with Crippen LogP contribution in [0.5, 0.6) is 5.88 Å². The van der Waals surface area contributed by atoms with Gasteiger partial charge < -0.3 is 10.1 Å². The maximum Gasteiger partial charge on any atom is 0.277 e. The van der Waals surface area contributed by atoms with Crippen LogP contribution in [0.3, 0.4) is 0 Å². The molecule has 0 saturated heterocycles. The Balaban J connectivity index is 1.82. The second-order valence-electron chi connectivity index (χ2n) is 5.94. The fraction of sp³-hybridized carbons (Fsp3) is 0.150. The third-order valence-corrected chi connectivity index (χ3v) is 3.89. The van der Waals surface area contributed by atoms with Gasteiger partial charge in [0.2, 0.25) is 5.69 Å². The highest BCUT2D eigenvalue weighted by molar-refractivity contribution is 5.98. The Labute approximate surface area is 161 Å². The van der Waals surface area contributed by atoms with Crippen LogP contribution in [0.25, 0.3) is 0 Å². The van der Waals surface area contributed by atoms with Gasteiger partial charge in [0.1, 0.15) is 0 Å². The number of rotatable bonds is 7. The zero-order valence-electron chi connectivity index (χ0n) is 15.5. The average molecular weight is 377 g/mol. The highest BCUT2D eigenvalue weighted by Gasteiger charge is 2.21. The Bertz CT molecular complexity index is 994. The Kier molecular flexibility index (Phi) is 5.91. The van der Waals surface area contributed by atoms with Crippen molar-refractivity contribution in [3.8, 4) is 5.88 Å². The van der Waals surface area contributed by atoms with Gasteiger partial charge in [0.05, 0.1) is 6.21 Å². The minimum absolute atomic E-state index is 0.00741. The average Bonchev–Trinajstić information content (AvgIpc) is 3.14. The van der Waals surface area contributed by atoms with Crippen molar-refractivity contribution in [2.24, 2.45) is 5.10 Å². The van der Waals surface area contributed by atoms with Crippen molar-refractivity contribution in [2.45, 2.75) is 6.92 Å². The molecule has 1 aromatic heterocycles. The topological polar surface area (TPSA) is 98.5 Å². The predicted molar refractivity (Wildman–Crippen MR) is 104 cm³/mol. The molecule has 0 unspecified atom stereocenters. The van der Waals surface area contributed by atoms with Crippen LogP contribution in [0.4, 0.5) is 0 Å². The van der Waals surface area contributed by atoms with Crippen LogP contribution in [0.2, 0.25) is 0 Å². The summed E-state index contributed by atoms with van der Waals surface area (Å²) in [5, 5.41) is 14.3. The molecule has 3 rings (SSSR count). The summed E-state index contributed by atoms with van der Waals surface area (Å²) < 4.78 is 5.58. The summed E-state index contributed by atoms with van der Waals surface area (Å²) in [4.78, 5) is 25.5. The lowest BCUT2D eigenvalue weighted by Crippen LogP contribution is -2.21. The van der Waals surface area contributed by atoms with Gasteiger partial charge in [-0.05, 0) is 17.7 Å². The molecule has 28 heavy (non-hydrogen) atoms. The highest BCUT2D eigenvalue weighted by Crippen LogP contribution is 2.16. The molecule has 0 aliphatic carbocycles. The van der Waals surface area contributed by atoms with E-state index in [1.54, 1.807) is 18.3 Å². The van der Waals surface area contributed by atoms with E-state index in [0.717, 1.165) is 15.9 Å². The second-order valence-corrected chi connectivity index (χ2v) is 5.94. The van der Waals surface area contributed by atoms with Gasteiger partial charge >= 0.3 is 0 Å². The number of nitrogens with zero attached hydrogens (tertiary/aromatic N) is 4. The van der Waals surface area contributed by atoms with E-state index in [4.69, 9.17) is 4.74 Å². The molecular formula is C20H19N5O3. The van der Waals surface area contributed by atoms with Crippen molar-refractivity contribution in [2.75, 3.05) is 13.7 Å². The monoisotopic (exact) mass is 377 g/mol. The molecule has 142 valence electrons. The lowest BCUT2D eigenvalue weighted by Gasteiger charge is -2.07. The van der Waals surface area contributed by atoms with Crippen molar-refractivity contribution in [3.63, 3.8) is 0 Å². The third kappa shape index (κ3) is 4.47. The maximum atomic E-state index is 12.4. The van der Waals surface area contributed by atoms with Crippen LogP contribution < -0.4 is 10.1 Å². The number of benzene rings is 2. The normalized spacial score (nSPS) is 10.8. The van der Waals surface area contributed by atoms with Crippen LogP contribution in [-0.2, 0) is 0 Å². The first-order valence-electron chi connectivity index (χ1n) is 8.58. The molecule has 1 heterocycles. The zero-order valence-corrected chi connectivity index (χ0v) is 15.5. The number of hydrogen-bond donors (Lipinski definition) is 1. The van der Waals surface area contributed by atoms with E-state index in [9.17, 15) is 9.59 Å². The quantitative estimate of drug-likeness (QED) is 0.502. The Hall–Kier alpha value is -3.81. The zero-order chi connectivity index (χ0) is 19.9. The number of ketones is 1. The molecule has 0 spiro atoms. The predicted octanol–water partition coefficient (Wildman–Crippen LogP) is 2.09. The number of aromatic nitrogens is 3. The maximum absolute atomic E-state index is 12.4. The lowest BCUT2D eigenvalue weighted by atomic mass is 10.1. The number of carbonyl (C=O) groups excluding carboxylic acids is 2. The molecule has 1 N–H and O–H groups in total. The Morgan fingerprint density at radius 3 is 2.54 bits per heavy atom. The first-order valence-corrected chi connectivity index (χ1v) is 8.58. The number of ether oxygens (including phenoxy) is 1. The number of hydrogen-bond acceptors (Lipinski definition) is 6. The van der Waals surface area contributed by atoms with E-state index in [1.165, 1.54) is 7.05 Å². The molecule has 0 radical (unpaired) electrons. The van der Waals surface area contributed by atoms with Crippen LogP contribution >= 0.6 is 0 Å². The summed E-state index contributed by atoms with van der Waals surface area (Å²) in [6.07, 6.45) is 1.55. The van der Waals surface area contributed by atoms with Crippen molar-refractivity contribution in [1.82, 2.24) is 20.4 Å². The molecule has 0 bridgehead atoms. The summed E-state index contributed by atoms with van der Waals surface area (Å²) in [7, 11) is 1.47. The molecule has 0 atom stereocenters. The molecule has 0 fully saturated rings. The number of carbonyl (C=O) groups is 2. The lowest BCUT2D eigenvalue weighted by molar-refractivity contribution is 0.0898. The van der Waals surface area contributed by atoms with E-state index in [2.05, 4.69) is 20.7 Å². The first kappa shape index (κ1) is 19.0. The van der Waals surface area contributed by atoms with Crippen molar-refractivity contribution in [3.05, 3.63) is 77.0 Å². The number of nitrogens with one attached hydrogen (secondary N) is 1. The smallest absolute Gasteiger partial charge is 0.277 e. The Morgan fingerprint density at radius 2 is 1.86 bits per heavy atom. The van der Waals surface area contributed by atoms with E-state index >= 15 is 0 Å². The molecule has 0 aliphatic rings. The molecule has 8 nitrogen and oxygen atoms in total. The van der Waals surface area contributed by atoms with Crippen molar-refractivity contribution >= 4 is 17.9 Å². The summed E-state index contributed by atoms with van der Waals surface area (Å²) in [5.74, 6) is -0.728. The van der Waals surface area contributed by atoms with Crippen LogP contribution in [0.1, 0.15) is 32.0 Å². The fourth-order valence-electron chi connectivity index (χ4n) is 2.34. The highest BCUT2D eigenvalue weighted by atomic mass is 16.5. The van der Waals surface area contributed by atoms with Crippen LogP contribution in [0.15, 0.2) is 59.7 Å². The van der Waals surface area contributed by atoms with Crippen LogP contribution in [0, 0.1) is 6.92 Å². The van der Waals surface area contributed by atoms with E-state index in [-0.39, 0.29) is 24.0 Å². The molecule has 0 aliphatic heterocycles. The summed E-state index contributed by atoms with van der Waals surface area (Å²) in [5.41, 5.74) is 2.35. The number of aryl methyl sites for hydroxylation is 1. The van der Waals surface area contributed by atoms with E-state index < -0.39 is 5.91 Å². The Morgan fingerprint density at radius 1 is 1.14 bits per heavy atom. The summed E-state index contributed by atoms with van der Waals surface area (Å²) in [6.45, 7) is 1.66. The van der Waals surface area contributed by atoms with Gasteiger partial charge in [0.25, 0.3) is 11.8 Å². The largest absolute Gasteiger partial charge is 0.466 e. The minimum atomic E-state index is -0.487. The van der Waals surface area contributed by atoms with Crippen LogP contribution in [-0.4, -0.2) is 46.7 Å². The molecule has 0 saturated carbocycles. The van der Waals surface area contributed by atoms with Gasteiger partial charge in [-0.1, -0.05) is 65.0 Å². The minimum Gasteiger partial charge on any atom is -0.466 e. The first-order chi connectivity index (χ1) is 13.6. The second kappa shape index (κ2) is 8.72. The SMILES string of the molecule is CNC(=O)c1nnn(/N=C\c2ccccc2)c1OCC(=O)c1ccc(C)cc1. The number of amides is 1. The van der Waals surface area contributed by atoms with Gasteiger partial charge in [-0.3, -0.25) is 9.59 Å². The van der Waals surface area contributed by atoms with Gasteiger partial charge in [-0.15, -0.1) is 5.10 Å². The molecule has 1 amide bonds. The van der Waals surface area contributed by atoms with E-state index in [1.807, 2.05) is 49.4 Å². The summed E-state index contributed by atoms with van der Waals surface area (Å²) in [6, 6.07) is 16.5.